The number of hydrogen-bond acceptors (Lipinski definition) is 1. The number of benzene rings is 3. The normalized spacial score (nSPS) is 11.2. The molecule has 4 rings (SSSR count). The molecule has 1 heteroatoms. The van der Waals surface area contributed by atoms with Gasteiger partial charge in [-0.1, -0.05) is 48.5 Å². The van der Waals surface area contributed by atoms with Gasteiger partial charge in [0.2, 0.25) is 0 Å². The molecule has 0 unspecified atom stereocenters. The largest absolute Gasteiger partial charge is 0.456 e. The van der Waals surface area contributed by atoms with E-state index in [4.69, 9.17) is 4.42 Å². The van der Waals surface area contributed by atoms with Gasteiger partial charge in [-0.2, -0.15) is 0 Å². The molecule has 1 aromatic heterocycles. The van der Waals surface area contributed by atoms with Gasteiger partial charge in [-0.25, -0.2) is 0 Å². The summed E-state index contributed by atoms with van der Waals surface area (Å²) in [4.78, 5) is 0. The van der Waals surface area contributed by atoms with Crippen LogP contribution in [0, 0.1) is 6.07 Å². The van der Waals surface area contributed by atoms with E-state index in [0.717, 1.165) is 11.2 Å². The molecule has 0 spiro atoms. The third-order valence-electron chi connectivity index (χ3n) is 3.43. The maximum Gasteiger partial charge on any atom is 0.135 e. The van der Waals surface area contributed by atoms with E-state index in [1.165, 1.54) is 21.9 Å². The molecule has 4 aromatic rings. The third-order valence-corrected chi connectivity index (χ3v) is 3.43. The highest BCUT2D eigenvalue weighted by atomic mass is 16.3. The van der Waals surface area contributed by atoms with Crippen molar-refractivity contribution in [3.63, 3.8) is 0 Å². The molecule has 89 valence electrons. The quantitative estimate of drug-likeness (QED) is 0.455. The maximum atomic E-state index is 5.84. The summed E-state index contributed by atoms with van der Waals surface area (Å²) in [7, 11) is 0. The summed E-state index contributed by atoms with van der Waals surface area (Å²) in [6, 6.07) is 25.5. The zero-order valence-corrected chi connectivity index (χ0v) is 10.3. The molecule has 0 saturated carbocycles. The summed E-state index contributed by atoms with van der Waals surface area (Å²) in [6.07, 6.45) is 0. The molecule has 0 aliphatic heterocycles. The predicted octanol–water partition coefficient (Wildman–Crippen LogP) is 5.05. The number of para-hydroxylation sites is 1. The zero-order chi connectivity index (χ0) is 12.7. The molecule has 0 saturated heterocycles. The Hall–Kier alpha value is -2.54. The summed E-state index contributed by atoms with van der Waals surface area (Å²) in [5.41, 5.74) is 4.28. The molecule has 1 radical (unpaired) electrons. The van der Waals surface area contributed by atoms with Crippen LogP contribution in [0.25, 0.3) is 33.1 Å². The molecule has 19 heavy (non-hydrogen) atoms. The van der Waals surface area contributed by atoms with E-state index < -0.39 is 0 Å². The summed E-state index contributed by atoms with van der Waals surface area (Å²) < 4.78 is 5.84. The first-order chi connectivity index (χ1) is 9.42. The van der Waals surface area contributed by atoms with Crippen molar-refractivity contribution in [2.75, 3.05) is 0 Å². The minimum atomic E-state index is 0.937. The van der Waals surface area contributed by atoms with Crippen molar-refractivity contribution >= 4 is 21.9 Å². The lowest BCUT2D eigenvalue weighted by molar-refractivity contribution is 0.669. The molecule has 0 fully saturated rings. The molecule has 0 N–H and O–H groups in total. The van der Waals surface area contributed by atoms with Gasteiger partial charge < -0.3 is 4.42 Å². The fourth-order valence-corrected chi connectivity index (χ4v) is 2.48. The van der Waals surface area contributed by atoms with Gasteiger partial charge in [0.25, 0.3) is 0 Å². The van der Waals surface area contributed by atoms with Crippen LogP contribution in [0.2, 0.25) is 0 Å². The van der Waals surface area contributed by atoms with E-state index >= 15 is 0 Å². The topological polar surface area (TPSA) is 13.1 Å². The van der Waals surface area contributed by atoms with E-state index in [1.54, 1.807) is 0 Å². The van der Waals surface area contributed by atoms with E-state index in [0.29, 0.717) is 0 Å². The Morgan fingerprint density at radius 2 is 1.47 bits per heavy atom. The van der Waals surface area contributed by atoms with Crippen LogP contribution in [-0.4, -0.2) is 0 Å². The Bertz CT molecular complexity index is 857. The molecule has 0 amide bonds. The summed E-state index contributed by atoms with van der Waals surface area (Å²) in [6.45, 7) is 0. The van der Waals surface area contributed by atoms with Crippen molar-refractivity contribution in [2.45, 2.75) is 0 Å². The lowest BCUT2D eigenvalue weighted by Gasteiger charge is -2.00. The first kappa shape index (κ1) is 10.4. The van der Waals surface area contributed by atoms with Crippen LogP contribution in [0.3, 0.4) is 0 Å². The predicted molar refractivity (Wildman–Crippen MR) is 78.0 cm³/mol. The van der Waals surface area contributed by atoms with Crippen molar-refractivity contribution in [1.29, 1.82) is 0 Å². The third kappa shape index (κ3) is 1.63. The molecule has 1 heterocycles. The van der Waals surface area contributed by atoms with E-state index in [2.05, 4.69) is 36.4 Å². The zero-order valence-electron chi connectivity index (χ0n) is 10.3. The number of hydrogen-bond donors (Lipinski definition) is 0. The van der Waals surface area contributed by atoms with Crippen molar-refractivity contribution < 1.29 is 4.42 Å². The molecular formula is C18H11O. The molecule has 0 atom stereocenters. The highest BCUT2D eigenvalue weighted by Crippen LogP contribution is 2.31. The van der Waals surface area contributed by atoms with Gasteiger partial charge >= 0.3 is 0 Å². The lowest BCUT2D eigenvalue weighted by atomic mass is 10.0. The number of rotatable bonds is 1. The first-order valence-corrected chi connectivity index (χ1v) is 6.29. The summed E-state index contributed by atoms with van der Waals surface area (Å²) in [5.74, 6) is 0. The van der Waals surface area contributed by atoms with Crippen LogP contribution in [0.4, 0.5) is 0 Å². The van der Waals surface area contributed by atoms with Crippen LogP contribution in [0.15, 0.2) is 71.1 Å². The van der Waals surface area contributed by atoms with Crippen LogP contribution >= 0.6 is 0 Å². The van der Waals surface area contributed by atoms with Gasteiger partial charge in [0, 0.05) is 10.8 Å². The fraction of sp³-hybridized carbons (Fsp3) is 0. The second kappa shape index (κ2) is 3.99. The van der Waals surface area contributed by atoms with Gasteiger partial charge in [-0.15, -0.1) is 0 Å². The Kier molecular flexibility index (Phi) is 2.18. The summed E-state index contributed by atoms with van der Waals surface area (Å²) in [5, 5.41) is 2.34. The number of fused-ring (bicyclic) bond motifs is 3. The van der Waals surface area contributed by atoms with Gasteiger partial charge in [0.1, 0.15) is 11.2 Å². The lowest BCUT2D eigenvalue weighted by Crippen LogP contribution is -1.76. The molecule has 0 bridgehead atoms. The smallest absolute Gasteiger partial charge is 0.135 e. The van der Waals surface area contributed by atoms with Crippen molar-refractivity contribution in [3.8, 4) is 11.1 Å². The molecule has 1 nitrogen and oxygen atoms in total. The minimum absolute atomic E-state index is 0.937. The Labute approximate surface area is 111 Å². The van der Waals surface area contributed by atoms with Crippen LogP contribution in [0.1, 0.15) is 0 Å². The Balaban J connectivity index is 2.03. The Morgan fingerprint density at radius 1 is 0.684 bits per heavy atom. The molecule has 0 aliphatic rings. The standard InChI is InChI=1S/C18H11O/c1-2-6-13(7-3-1)14-10-11-18-16(12-14)15-8-4-5-9-17(15)19-18/h2-12H. The minimum Gasteiger partial charge on any atom is -0.456 e. The average molecular weight is 243 g/mol. The number of furan rings is 1. The van der Waals surface area contributed by atoms with Crippen molar-refractivity contribution in [3.05, 3.63) is 72.8 Å². The second-order valence-corrected chi connectivity index (χ2v) is 4.60. The van der Waals surface area contributed by atoms with Gasteiger partial charge in [0.05, 0.1) is 0 Å². The second-order valence-electron chi connectivity index (χ2n) is 4.60. The van der Waals surface area contributed by atoms with E-state index in [9.17, 15) is 0 Å². The Morgan fingerprint density at radius 3 is 2.37 bits per heavy atom. The highest BCUT2D eigenvalue weighted by molar-refractivity contribution is 6.06. The fourth-order valence-electron chi connectivity index (χ4n) is 2.48. The molecule has 0 aliphatic carbocycles. The van der Waals surface area contributed by atoms with Crippen molar-refractivity contribution in [1.82, 2.24) is 0 Å². The monoisotopic (exact) mass is 243 g/mol. The van der Waals surface area contributed by atoms with Gasteiger partial charge in [-0.05, 0) is 35.4 Å². The highest BCUT2D eigenvalue weighted by Gasteiger charge is 2.07. The molecule has 3 aromatic carbocycles. The molecular weight excluding hydrogens is 232 g/mol. The van der Waals surface area contributed by atoms with Gasteiger partial charge in [-0.3, -0.25) is 0 Å². The van der Waals surface area contributed by atoms with Crippen LogP contribution < -0.4 is 0 Å². The van der Waals surface area contributed by atoms with E-state index in [-0.39, 0.29) is 0 Å². The van der Waals surface area contributed by atoms with Crippen LogP contribution in [-0.2, 0) is 0 Å². The van der Waals surface area contributed by atoms with Crippen molar-refractivity contribution in [2.24, 2.45) is 0 Å². The summed E-state index contributed by atoms with van der Waals surface area (Å²) >= 11 is 0. The van der Waals surface area contributed by atoms with E-state index in [1.807, 2.05) is 36.4 Å². The average Bonchev–Trinajstić information content (AvgIpc) is 2.86. The first-order valence-electron chi connectivity index (χ1n) is 6.29. The van der Waals surface area contributed by atoms with Crippen LogP contribution in [0.5, 0.6) is 0 Å². The van der Waals surface area contributed by atoms with Gasteiger partial charge in [0.15, 0.2) is 0 Å². The maximum absolute atomic E-state index is 5.84. The SMILES string of the molecule is [c]1ccc(-c2ccc3oc4ccccc4c3c2)cc1.